The van der Waals surface area contributed by atoms with E-state index in [9.17, 15) is 24.0 Å². The molecule has 0 spiro atoms. The van der Waals surface area contributed by atoms with Crippen LogP contribution in [0.3, 0.4) is 0 Å². The monoisotopic (exact) mass is 481 g/mol. The molecule has 0 aliphatic heterocycles. The van der Waals surface area contributed by atoms with Gasteiger partial charge in [-0.2, -0.15) is 0 Å². The lowest BCUT2D eigenvalue weighted by molar-refractivity contribution is -0.119. The minimum Gasteiger partial charge on any atom is -0.452 e. The highest BCUT2D eigenvalue weighted by atomic mass is 16.5. The number of amides is 1. The van der Waals surface area contributed by atoms with Gasteiger partial charge in [0.2, 0.25) is 0 Å². The molecule has 1 aliphatic carbocycles. The quantitative estimate of drug-likeness (QED) is 0.372. The Morgan fingerprint density at radius 3 is 2.14 bits per heavy atom. The highest BCUT2D eigenvalue weighted by molar-refractivity contribution is 6.28. The number of H-pyrrole nitrogens is 1. The first-order chi connectivity index (χ1) is 17.3. The van der Waals surface area contributed by atoms with Crippen LogP contribution in [0.4, 0.5) is 5.69 Å². The number of anilines is 1. The van der Waals surface area contributed by atoms with Crippen LogP contribution in [0.25, 0.3) is 5.69 Å². The van der Waals surface area contributed by atoms with Gasteiger partial charge in [-0.1, -0.05) is 24.3 Å². The number of aryl methyl sites for hydroxylation is 1. The number of carbonyl (C=O) groups is 4. The van der Waals surface area contributed by atoms with Gasteiger partial charge in [0, 0.05) is 39.8 Å². The van der Waals surface area contributed by atoms with E-state index in [0.717, 1.165) is 0 Å². The highest BCUT2D eigenvalue weighted by Gasteiger charge is 2.29. The third-order valence-corrected chi connectivity index (χ3v) is 5.86. The fraction of sp³-hybridized carbons (Fsp3) is 0.0741. The van der Waals surface area contributed by atoms with E-state index in [-0.39, 0.29) is 33.9 Å². The number of benzene rings is 3. The van der Waals surface area contributed by atoms with E-state index in [1.807, 2.05) is 0 Å². The van der Waals surface area contributed by atoms with Crippen molar-refractivity contribution in [3.63, 3.8) is 0 Å². The summed E-state index contributed by atoms with van der Waals surface area (Å²) < 4.78 is 6.55. The number of rotatable bonds is 5. The Labute approximate surface area is 204 Å². The molecule has 5 rings (SSSR count). The third-order valence-electron chi connectivity index (χ3n) is 5.86. The van der Waals surface area contributed by atoms with Gasteiger partial charge in [0.15, 0.2) is 18.2 Å². The number of ether oxygens (including phenoxy) is 1. The molecule has 0 unspecified atom stereocenters. The van der Waals surface area contributed by atoms with Crippen LogP contribution in [0.2, 0.25) is 0 Å². The van der Waals surface area contributed by atoms with Crippen LogP contribution >= 0.6 is 0 Å². The first kappa shape index (κ1) is 22.7. The van der Waals surface area contributed by atoms with Crippen LogP contribution < -0.4 is 11.0 Å². The zero-order chi connectivity index (χ0) is 25.4. The van der Waals surface area contributed by atoms with E-state index >= 15 is 0 Å². The third kappa shape index (κ3) is 4.03. The molecular formula is C27H19N3O6. The molecule has 1 aromatic heterocycles. The summed E-state index contributed by atoms with van der Waals surface area (Å²) in [5.74, 6) is -1.88. The summed E-state index contributed by atoms with van der Waals surface area (Å²) in [5.41, 5.74) is 2.64. The summed E-state index contributed by atoms with van der Waals surface area (Å²) in [6.07, 6.45) is 1.58. The largest absolute Gasteiger partial charge is 0.452 e. The summed E-state index contributed by atoms with van der Waals surface area (Å²) in [6.45, 7) is 1.22. The number of imidazole rings is 1. The van der Waals surface area contributed by atoms with E-state index in [1.165, 1.54) is 34.9 Å². The first-order valence-corrected chi connectivity index (χ1v) is 11.0. The number of nitrogens with zero attached hydrogens (tertiary/aromatic N) is 1. The van der Waals surface area contributed by atoms with E-state index < -0.39 is 18.5 Å². The molecular weight excluding hydrogens is 462 g/mol. The number of ketones is 2. The van der Waals surface area contributed by atoms with Crippen molar-refractivity contribution in [3.8, 4) is 5.69 Å². The number of aromatic amines is 1. The summed E-state index contributed by atoms with van der Waals surface area (Å²) in [4.78, 5) is 64.8. The molecule has 1 amide bonds. The molecule has 36 heavy (non-hydrogen) atoms. The van der Waals surface area contributed by atoms with Crippen molar-refractivity contribution in [1.82, 2.24) is 9.55 Å². The summed E-state index contributed by atoms with van der Waals surface area (Å²) in [5, 5.41) is 2.58. The molecule has 0 atom stereocenters. The molecule has 0 saturated carbocycles. The lowest BCUT2D eigenvalue weighted by Gasteiger charge is -2.18. The zero-order valence-electron chi connectivity index (χ0n) is 19.0. The maximum Gasteiger partial charge on any atom is 0.338 e. The topological polar surface area (TPSA) is 127 Å². The molecule has 1 heterocycles. The highest BCUT2D eigenvalue weighted by Crippen LogP contribution is 2.29. The maximum atomic E-state index is 12.8. The summed E-state index contributed by atoms with van der Waals surface area (Å²) in [6, 6.07) is 17.2. The van der Waals surface area contributed by atoms with E-state index in [4.69, 9.17) is 4.74 Å². The molecule has 1 aliphatic rings. The Kier molecular flexibility index (Phi) is 5.65. The van der Waals surface area contributed by atoms with Crippen LogP contribution in [0.5, 0.6) is 0 Å². The van der Waals surface area contributed by atoms with Gasteiger partial charge in [-0.3, -0.25) is 19.0 Å². The predicted octanol–water partition coefficient (Wildman–Crippen LogP) is 3.04. The van der Waals surface area contributed by atoms with Crippen molar-refractivity contribution < 1.29 is 23.9 Å². The number of esters is 1. The molecule has 9 nitrogen and oxygen atoms in total. The molecule has 0 saturated heterocycles. The van der Waals surface area contributed by atoms with E-state index in [1.54, 1.807) is 49.5 Å². The van der Waals surface area contributed by atoms with Crippen molar-refractivity contribution in [1.29, 1.82) is 0 Å². The Balaban J connectivity index is 1.23. The van der Waals surface area contributed by atoms with Gasteiger partial charge in [0.25, 0.3) is 5.91 Å². The Morgan fingerprint density at radius 2 is 1.50 bits per heavy atom. The van der Waals surface area contributed by atoms with Crippen molar-refractivity contribution in [2.24, 2.45) is 0 Å². The summed E-state index contributed by atoms with van der Waals surface area (Å²) >= 11 is 0. The Morgan fingerprint density at radius 1 is 0.861 bits per heavy atom. The minimum absolute atomic E-state index is 0.199. The van der Waals surface area contributed by atoms with Gasteiger partial charge in [0.1, 0.15) is 0 Å². The van der Waals surface area contributed by atoms with Gasteiger partial charge in [-0.25, -0.2) is 9.59 Å². The van der Waals surface area contributed by atoms with E-state index in [2.05, 4.69) is 10.3 Å². The van der Waals surface area contributed by atoms with Crippen molar-refractivity contribution in [2.75, 3.05) is 11.9 Å². The molecule has 9 heteroatoms. The number of hydrogen-bond donors (Lipinski definition) is 2. The standard InChI is InChI=1S/C27H19N3O6/c1-15-13-28-27(35)30(15)18-9-6-16(7-10-18)26(34)36-14-23(31)29-17-8-11-21-22(12-17)25(33)20-5-3-2-4-19(20)24(21)32/h2-13H,14H2,1H3,(H,28,35)(H,29,31). The molecule has 2 N–H and O–H groups in total. The van der Waals surface area contributed by atoms with Gasteiger partial charge in [-0.05, 0) is 49.4 Å². The van der Waals surface area contributed by atoms with Crippen LogP contribution in [0.15, 0.2) is 77.7 Å². The molecule has 0 radical (unpaired) electrons. The van der Waals surface area contributed by atoms with Crippen LogP contribution in [0.1, 0.15) is 47.9 Å². The van der Waals surface area contributed by atoms with Crippen LogP contribution in [-0.2, 0) is 9.53 Å². The zero-order valence-corrected chi connectivity index (χ0v) is 19.0. The number of aromatic nitrogens is 2. The van der Waals surface area contributed by atoms with Gasteiger partial charge in [0.05, 0.1) is 11.3 Å². The van der Waals surface area contributed by atoms with Crippen LogP contribution in [0, 0.1) is 6.92 Å². The number of nitrogens with one attached hydrogen (secondary N) is 2. The average molecular weight is 481 g/mol. The second-order valence-corrected chi connectivity index (χ2v) is 8.21. The first-order valence-electron chi connectivity index (χ1n) is 11.0. The average Bonchev–Trinajstić information content (AvgIpc) is 3.23. The van der Waals surface area contributed by atoms with Crippen molar-refractivity contribution >= 4 is 29.1 Å². The second-order valence-electron chi connectivity index (χ2n) is 8.21. The number of hydrogen-bond acceptors (Lipinski definition) is 6. The smallest absolute Gasteiger partial charge is 0.338 e. The van der Waals surface area contributed by atoms with Gasteiger partial charge < -0.3 is 15.0 Å². The number of fused-ring (bicyclic) bond motifs is 2. The lowest BCUT2D eigenvalue weighted by atomic mass is 9.84. The Bertz CT molecular complexity index is 1610. The molecule has 0 bridgehead atoms. The fourth-order valence-corrected chi connectivity index (χ4v) is 4.11. The molecule has 3 aromatic carbocycles. The Hall–Kier alpha value is -5.05. The van der Waals surface area contributed by atoms with Crippen LogP contribution in [-0.4, -0.2) is 39.6 Å². The maximum absolute atomic E-state index is 12.8. The van der Waals surface area contributed by atoms with Gasteiger partial charge in [-0.15, -0.1) is 0 Å². The predicted molar refractivity (Wildman–Crippen MR) is 130 cm³/mol. The SMILES string of the molecule is Cc1c[nH]c(=O)n1-c1ccc(C(=O)OCC(=O)Nc2ccc3c(c2)C(=O)c2ccccc2C3=O)cc1. The fourth-order valence-electron chi connectivity index (χ4n) is 4.11. The molecule has 0 fully saturated rings. The van der Waals surface area contributed by atoms with Gasteiger partial charge >= 0.3 is 11.7 Å². The molecule has 178 valence electrons. The minimum atomic E-state index is -0.711. The summed E-state index contributed by atoms with van der Waals surface area (Å²) in [7, 11) is 0. The van der Waals surface area contributed by atoms with E-state index in [0.29, 0.717) is 28.2 Å². The molecule has 4 aromatic rings. The normalized spacial score (nSPS) is 12.0. The second kappa shape index (κ2) is 8.95. The van der Waals surface area contributed by atoms with Crippen molar-refractivity contribution in [2.45, 2.75) is 6.92 Å². The number of carbonyl (C=O) groups excluding carboxylic acids is 4. The lowest BCUT2D eigenvalue weighted by Crippen LogP contribution is -2.23. The van der Waals surface area contributed by atoms with Crippen molar-refractivity contribution in [3.05, 3.63) is 117 Å².